The van der Waals surface area contributed by atoms with Crippen LogP contribution in [0.5, 0.6) is 0 Å². The number of Topliss-reactive ketones (excluding diaryl/α,β-unsaturated/α-hetero) is 1. The molecule has 0 amide bonds. The Bertz CT molecular complexity index is 1050. The highest BCUT2D eigenvalue weighted by Gasteiger charge is 2.53. The molecule has 9 atom stereocenters. The smallest absolute Gasteiger partial charge is 0.319 e. The van der Waals surface area contributed by atoms with E-state index in [2.05, 4.69) is 51.2 Å². The van der Waals surface area contributed by atoms with Crippen LogP contribution in [0.3, 0.4) is 0 Å². The minimum atomic E-state index is -1.48. The average Bonchev–Trinajstić information content (AvgIpc) is 2.97. The molecule has 3 aliphatic rings. The predicted octanol–water partition coefficient (Wildman–Crippen LogP) is 3.99. The van der Waals surface area contributed by atoms with Gasteiger partial charge in [-0.1, -0.05) is 19.9 Å². The number of ether oxygens (including phenoxy) is 4. The maximum Gasteiger partial charge on any atom is 0.319 e. The molecule has 1 saturated carbocycles. The lowest BCUT2D eigenvalue weighted by atomic mass is 9.72. The van der Waals surface area contributed by atoms with Gasteiger partial charge in [-0.15, -0.1) is 6.58 Å². The molecule has 2 heterocycles. The third-order valence-electron chi connectivity index (χ3n) is 11.5. The number of carbonyl (C=O) groups is 2. The molecule has 3 fully saturated rings. The van der Waals surface area contributed by atoms with Crippen LogP contribution in [0.4, 0.5) is 0 Å². The van der Waals surface area contributed by atoms with E-state index >= 15 is 0 Å². The van der Waals surface area contributed by atoms with Gasteiger partial charge in [-0.25, -0.2) is 0 Å². The van der Waals surface area contributed by atoms with E-state index in [0.29, 0.717) is 24.8 Å². The van der Waals surface area contributed by atoms with Gasteiger partial charge in [0.15, 0.2) is 12.1 Å². The SMILES string of the molecule is C=C[C@H]1C(=O)C(C)(C)C(=O)OC[C@@](C)(CC2CC(N(C)CC)C2)N(C)C[C@H](C)C[C@@](C)(OC)[C@@H]1O[C@@H]1O[C@H](C)C[C@H](N(C)C)[C@H]1O. The summed E-state index contributed by atoms with van der Waals surface area (Å²) in [5.41, 5.74) is -2.88. The number of hydrogen-bond acceptors (Lipinski definition) is 10. The van der Waals surface area contributed by atoms with E-state index in [1.54, 1.807) is 27.0 Å². The van der Waals surface area contributed by atoms with Crippen molar-refractivity contribution in [3.8, 4) is 0 Å². The maximum absolute atomic E-state index is 14.4. The quantitative estimate of drug-likeness (QED) is 0.224. The third-order valence-corrected chi connectivity index (χ3v) is 11.5. The Morgan fingerprint density at radius 2 is 1.74 bits per heavy atom. The number of aliphatic hydroxyl groups excluding tert-OH is 1. The summed E-state index contributed by atoms with van der Waals surface area (Å²) in [5.74, 6) is -1.21. The first kappa shape index (κ1) is 39.0. The molecule has 0 radical (unpaired) electrons. The minimum absolute atomic E-state index is 0.122. The summed E-state index contributed by atoms with van der Waals surface area (Å²) in [7, 11) is 9.75. The zero-order valence-corrected chi connectivity index (χ0v) is 30.9. The Kier molecular flexibility index (Phi) is 13.1. The molecule has 0 unspecified atom stereocenters. The van der Waals surface area contributed by atoms with Gasteiger partial charge in [0.2, 0.25) is 0 Å². The van der Waals surface area contributed by atoms with Crippen molar-refractivity contribution in [2.24, 2.45) is 23.2 Å². The van der Waals surface area contributed by atoms with Crippen molar-refractivity contribution >= 4 is 11.8 Å². The van der Waals surface area contributed by atoms with Crippen LogP contribution in [0.2, 0.25) is 0 Å². The molecular weight excluding hydrogens is 586 g/mol. The van der Waals surface area contributed by atoms with Crippen molar-refractivity contribution < 1.29 is 33.6 Å². The number of nitrogens with zero attached hydrogens (tertiary/aromatic N) is 3. The van der Waals surface area contributed by atoms with Gasteiger partial charge >= 0.3 is 5.97 Å². The Morgan fingerprint density at radius 3 is 2.28 bits per heavy atom. The number of rotatable bonds is 9. The van der Waals surface area contributed by atoms with Gasteiger partial charge < -0.3 is 33.9 Å². The summed E-state index contributed by atoms with van der Waals surface area (Å²) >= 11 is 0. The van der Waals surface area contributed by atoms with Gasteiger partial charge in [0, 0.05) is 25.7 Å². The van der Waals surface area contributed by atoms with Crippen molar-refractivity contribution in [1.82, 2.24) is 14.7 Å². The third kappa shape index (κ3) is 8.41. The molecule has 3 rings (SSSR count). The van der Waals surface area contributed by atoms with Crippen LogP contribution >= 0.6 is 0 Å². The number of methoxy groups -OCH3 is 1. The van der Waals surface area contributed by atoms with E-state index in [1.807, 2.05) is 32.8 Å². The van der Waals surface area contributed by atoms with E-state index < -0.39 is 46.9 Å². The number of likely N-dealkylation sites (N-methyl/N-ethyl adjacent to an activating group) is 2. The molecule has 0 aromatic rings. The number of carbonyl (C=O) groups excluding carboxylic acids is 2. The van der Waals surface area contributed by atoms with Crippen molar-refractivity contribution in [2.45, 2.75) is 128 Å². The molecule has 0 aromatic carbocycles. The van der Waals surface area contributed by atoms with E-state index in [0.717, 1.165) is 32.4 Å². The second kappa shape index (κ2) is 15.4. The van der Waals surface area contributed by atoms with Crippen LogP contribution in [-0.2, 0) is 28.5 Å². The van der Waals surface area contributed by atoms with Crippen molar-refractivity contribution in [2.75, 3.05) is 55.0 Å². The normalized spacial score (nSPS) is 41.7. The van der Waals surface area contributed by atoms with Gasteiger partial charge in [0.25, 0.3) is 0 Å². The first-order valence-electron chi connectivity index (χ1n) is 17.3. The van der Waals surface area contributed by atoms with E-state index in [4.69, 9.17) is 18.9 Å². The van der Waals surface area contributed by atoms with Crippen LogP contribution in [0, 0.1) is 23.2 Å². The monoisotopic (exact) mass is 651 g/mol. The zero-order chi connectivity index (χ0) is 34.8. The van der Waals surface area contributed by atoms with Crippen LogP contribution in [-0.4, -0.2) is 134 Å². The number of aliphatic hydroxyl groups is 1. The fourth-order valence-electron chi connectivity index (χ4n) is 7.89. The molecule has 0 bridgehead atoms. The molecule has 1 aliphatic carbocycles. The van der Waals surface area contributed by atoms with Crippen molar-refractivity contribution in [3.63, 3.8) is 0 Å². The fraction of sp³-hybridized carbons (Fsp3) is 0.889. The van der Waals surface area contributed by atoms with Crippen molar-refractivity contribution in [3.05, 3.63) is 12.7 Å². The number of hydrogen-bond donors (Lipinski definition) is 1. The molecule has 10 heteroatoms. The Hall–Kier alpha value is -1.40. The van der Waals surface area contributed by atoms with Gasteiger partial charge in [0.05, 0.1) is 23.2 Å². The predicted molar refractivity (Wildman–Crippen MR) is 180 cm³/mol. The highest BCUT2D eigenvalue weighted by molar-refractivity contribution is 6.05. The van der Waals surface area contributed by atoms with Gasteiger partial charge in [-0.05, 0) is 113 Å². The van der Waals surface area contributed by atoms with E-state index in [1.165, 1.54) is 0 Å². The lowest BCUT2D eigenvalue weighted by Gasteiger charge is -2.48. The molecule has 10 nitrogen and oxygen atoms in total. The zero-order valence-electron chi connectivity index (χ0n) is 30.9. The Morgan fingerprint density at radius 1 is 1.11 bits per heavy atom. The summed E-state index contributed by atoms with van der Waals surface area (Å²) < 4.78 is 25.2. The molecule has 0 spiro atoms. The van der Waals surface area contributed by atoms with Crippen LogP contribution in [0.25, 0.3) is 0 Å². The topological polar surface area (TPSA) is 101 Å². The highest BCUT2D eigenvalue weighted by atomic mass is 16.7. The standard InChI is InChI=1S/C36H65N3O7/c1-14-27-30(41)34(5,6)33(42)44-22-35(7,20-25-17-26(18-25)38(11)15-2)39(12)21-23(3)19-36(8,43-13)31(27)46-32-29(40)28(37(9)10)16-24(4)45-32/h14,23-29,31-32,40H,1,15-22H2,2-13H3/t23-,24-,25?,26?,27+,28+,29-,31-,32+,35-,36-/m1/s1. The highest BCUT2D eigenvalue weighted by Crippen LogP contribution is 2.42. The van der Waals surface area contributed by atoms with Gasteiger partial charge in [-0.2, -0.15) is 0 Å². The number of cyclic esters (lactones) is 1. The Labute approximate surface area is 279 Å². The minimum Gasteiger partial charge on any atom is -0.463 e. The molecule has 266 valence electrons. The average molecular weight is 652 g/mol. The molecule has 2 saturated heterocycles. The largest absolute Gasteiger partial charge is 0.463 e. The molecule has 46 heavy (non-hydrogen) atoms. The summed E-state index contributed by atoms with van der Waals surface area (Å²) in [6, 6.07) is 0.398. The van der Waals surface area contributed by atoms with E-state index in [9.17, 15) is 14.7 Å². The lowest BCUT2D eigenvalue weighted by molar-refractivity contribution is -0.294. The summed E-state index contributed by atoms with van der Waals surface area (Å²) in [4.78, 5) is 34.9. The molecule has 0 aromatic heterocycles. The molecule has 1 N–H and O–H groups in total. The molecule has 2 aliphatic heterocycles. The van der Waals surface area contributed by atoms with Gasteiger partial charge in [-0.3, -0.25) is 14.5 Å². The van der Waals surface area contributed by atoms with Crippen LogP contribution in [0.1, 0.15) is 80.6 Å². The Balaban J connectivity index is 2.00. The first-order chi connectivity index (χ1) is 21.3. The number of ketones is 1. The fourth-order valence-corrected chi connectivity index (χ4v) is 7.89. The lowest BCUT2D eigenvalue weighted by Crippen LogP contribution is -2.59. The van der Waals surface area contributed by atoms with Crippen LogP contribution in [0.15, 0.2) is 12.7 Å². The summed E-state index contributed by atoms with van der Waals surface area (Å²) in [6.45, 7) is 19.7. The second-order valence-corrected chi connectivity index (χ2v) is 15.9. The maximum atomic E-state index is 14.4. The summed E-state index contributed by atoms with van der Waals surface area (Å²) in [6.07, 6.45) is 2.87. The molecular formula is C36H65N3O7. The second-order valence-electron chi connectivity index (χ2n) is 15.9. The van der Waals surface area contributed by atoms with Crippen molar-refractivity contribution in [1.29, 1.82) is 0 Å². The first-order valence-corrected chi connectivity index (χ1v) is 17.3. The van der Waals surface area contributed by atoms with E-state index in [-0.39, 0.29) is 30.5 Å². The van der Waals surface area contributed by atoms with Crippen LogP contribution < -0.4 is 0 Å². The van der Waals surface area contributed by atoms with Gasteiger partial charge in [0.1, 0.15) is 24.2 Å². The summed E-state index contributed by atoms with van der Waals surface area (Å²) in [5, 5.41) is 11.4. The number of esters is 1.